The Labute approximate surface area is 205 Å². The highest BCUT2D eigenvalue weighted by Gasteiger charge is 2.16. The van der Waals surface area contributed by atoms with Gasteiger partial charge in [-0.15, -0.1) is 0 Å². The Morgan fingerprint density at radius 1 is 0.912 bits per heavy atom. The number of halogens is 1. The Hall–Kier alpha value is -3.76. The van der Waals surface area contributed by atoms with E-state index in [0.717, 1.165) is 15.8 Å². The second-order valence-corrected chi connectivity index (χ2v) is 9.70. The Kier molecular flexibility index (Phi) is 7.19. The summed E-state index contributed by atoms with van der Waals surface area (Å²) in [6.45, 7) is 0.313. The summed E-state index contributed by atoms with van der Waals surface area (Å²) in [7, 11) is -3.85. The molecule has 0 spiro atoms. The van der Waals surface area contributed by atoms with Crippen molar-refractivity contribution in [2.24, 2.45) is 0 Å². The zero-order valence-electron chi connectivity index (χ0n) is 17.7. The topological polar surface area (TPSA) is 110 Å². The number of benzene rings is 3. The molecule has 0 saturated carbocycles. The average molecular weight is 539 g/mol. The molecule has 10 heteroatoms. The van der Waals surface area contributed by atoms with Crippen molar-refractivity contribution >= 4 is 43.5 Å². The van der Waals surface area contributed by atoms with Crippen LogP contribution in [0.5, 0.6) is 5.75 Å². The molecule has 0 aliphatic rings. The molecule has 0 aliphatic heterocycles. The summed E-state index contributed by atoms with van der Waals surface area (Å²) in [6.07, 6.45) is 2.87. The van der Waals surface area contributed by atoms with Gasteiger partial charge in [-0.3, -0.25) is 4.79 Å². The number of nitrogens with zero attached hydrogens (tertiary/aromatic N) is 2. The van der Waals surface area contributed by atoms with Gasteiger partial charge in [0.25, 0.3) is 15.9 Å². The number of aromatic nitrogens is 2. The highest BCUT2D eigenvalue weighted by Crippen LogP contribution is 2.19. The third-order valence-electron chi connectivity index (χ3n) is 4.62. The first-order chi connectivity index (χ1) is 16.4. The summed E-state index contributed by atoms with van der Waals surface area (Å²) in [5.74, 6) is 0.377. The van der Waals surface area contributed by atoms with Crippen LogP contribution in [-0.2, 0) is 16.6 Å². The van der Waals surface area contributed by atoms with E-state index in [1.165, 1.54) is 36.7 Å². The van der Waals surface area contributed by atoms with Crippen molar-refractivity contribution in [1.29, 1.82) is 0 Å². The van der Waals surface area contributed by atoms with E-state index in [2.05, 4.69) is 35.9 Å². The minimum atomic E-state index is -3.85. The van der Waals surface area contributed by atoms with Crippen molar-refractivity contribution in [2.45, 2.75) is 11.5 Å². The van der Waals surface area contributed by atoms with Crippen LogP contribution in [0.4, 0.5) is 11.6 Å². The second-order valence-electron chi connectivity index (χ2n) is 7.10. The molecule has 34 heavy (non-hydrogen) atoms. The maximum absolute atomic E-state index is 12.7. The van der Waals surface area contributed by atoms with Gasteiger partial charge in [-0.2, -0.15) is 0 Å². The van der Waals surface area contributed by atoms with Crippen molar-refractivity contribution in [2.75, 3.05) is 10.0 Å². The molecule has 8 nitrogen and oxygen atoms in total. The first-order valence-corrected chi connectivity index (χ1v) is 12.4. The number of hydrogen-bond acceptors (Lipinski definition) is 6. The van der Waals surface area contributed by atoms with Gasteiger partial charge in [0, 0.05) is 28.1 Å². The highest BCUT2D eigenvalue weighted by atomic mass is 79.9. The average Bonchev–Trinajstić information content (AvgIpc) is 2.84. The van der Waals surface area contributed by atoms with E-state index in [9.17, 15) is 13.2 Å². The molecule has 0 fully saturated rings. The lowest BCUT2D eigenvalue weighted by Gasteiger charge is -2.10. The minimum absolute atomic E-state index is 0.0186. The molecule has 0 atom stereocenters. The van der Waals surface area contributed by atoms with Crippen molar-refractivity contribution in [3.8, 4) is 5.75 Å². The first kappa shape index (κ1) is 23.4. The van der Waals surface area contributed by atoms with Crippen LogP contribution in [0.3, 0.4) is 0 Å². The fraction of sp³-hybridized carbons (Fsp3) is 0.0417. The van der Waals surface area contributed by atoms with Gasteiger partial charge < -0.3 is 10.1 Å². The largest absolute Gasteiger partial charge is 0.489 e. The molecule has 1 amide bonds. The van der Waals surface area contributed by atoms with E-state index < -0.39 is 10.0 Å². The Morgan fingerprint density at radius 2 is 1.62 bits per heavy atom. The van der Waals surface area contributed by atoms with Gasteiger partial charge >= 0.3 is 0 Å². The zero-order chi connectivity index (χ0) is 24.0. The van der Waals surface area contributed by atoms with E-state index in [4.69, 9.17) is 4.74 Å². The van der Waals surface area contributed by atoms with E-state index in [-0.39, 0.29) is 16.8 Å². The molecular weight excluding hydrogens is 520 g/mol. The third-order valence-corrected chi connectivity index (χ3v) is 6.49. The number of amides is 1. The summed E-state index contributed by atoms with van der Waals surface area (Å²) in [6, 6.07) is 22.0. The predicted molar refractivity (Wildman–Crippen MR) is 132 cm³/mol. The normalized spacial score (nSPS) is 11.0. The molecule has 1 heterocycles. The lowest BCUT2D eigenvalue weighted by atomic mass is 10.1. The number of rotatable bonds is 8. The van der Waals surface area contributed by atoms with Crippen molar-refractivity contribution in [3.63, 3.8) is 0 Å². The molecule has 0 radical (unpaired) electrons. The molecule has 4 rings (SSSR count). The molecular formula is C24H19BrN4O4S. The molecule has 0 bridgehead atoms. The summed E-state index contributed by atoms with van der Waals surface area (Å²) in [5, 5.41) is 2.77. The van der Waals surface area contributed by atoms with E-state index in [1.54, 1.807) is 24.3 Å². The van der Waals surface area contributed by atoms with Gasteiger partial charge in [-0.05, 0) is 72.3 Å². The van der Waals surface area contributed by atoms with Gasteiger partial charge in [-0.1, -0.05) is 28.1 Å². The van der Waals surface area contributed by atoms with Gasteiger partial charge in [0.15, 0.2) is 0 Å². The van der Waals surface area contributed by atoms with Crippen LogP contribution >= 0.6 is 15.9 Å². The monoisotopic (exact) mass is 538 g/mol. The summed E-state index contributed by atoms with van der Waals surface area (Å²) < 4.78 is 34.0. The highest BCUT2D eigenvalue weighted by molar-refractivity contribution is 9.10. The second kappa shape index (κ2) is 10.4. The third kappa shape index (κ3) is 6.18. The van der Waals surface area contributed by atoms with Crippen molar-refractivity contribution in [1.82, 2.24) is 9.97 Å². The molecule has 2 N–H and O–H groups in total. The molecule has 1 aromatic heterocycles. The summed E-state index contributed by atoms with van der Waals surface area (Å²) in [5.41, 5.74) is 1.75. The molecule has 0 unspecified atom stereocenters. The molecule has 4 aromatic rings. The summed E-state index contributed by atoms with van der Waals surface area (Å²) in [4.78, 5) is 20.4. The number of nitrogens with one attached hydrogen (secondary N) is 2. The number of hydrogen-bond donors (Lipinski definition) is 2. The minimum Gasteiger partial charge on any atom is -0.489 e. The van der Waals surface area contributed by atoms with E-state index in [0.29, 0.717) is 17.9 Å². The number of sulfonamides is 1. The molecule has 3 aromatic carbocycles. The predicted octanol–water partition coefficient (Wildman–Crippen LogP) is 4.87. The van der Waals surface area contributed by atoms with Crippen molar-refractivity contribution < 1.29 is 17.9 Å². The number of carbonyl (C=O) groups is 1. The van der Waals surface area contributed by atoms with Crippen LogP contribution in [0.1, 0.15) is 15.9 Å². The van der Waals surface area contributed by atoms with E-state index >= 15 is 0 Å². The van der Waals surface area contributed by atoms with Gasteiger partial charge in [-0.25, -0.2) is 23.1 Å². The van der Waals surface area contributed by atoms with Crippen LogP contribution in [0.25, 0.3) is 0 Å². The Morgan fingerprint density at radius 3 is 2.32 bits per heavy atom. The number of ether oxygens (including phenoxy) is 1. The van der Waals surface area contributed by atoms with Gasteiger partial charge in [0.2, 0.25) is 5.95 Å². The first-order valence-electron chi connectivity index (χ1n) is 10.1. The molecule has 0 saturated heterocycles. The number of anilines is 2. The lowest BCUT2D eigenvalue weighted by molar-refractivity contribution is 0.102. The summed E-state index contributed by atoms with van der Waals surface area (Å²) >= 11 is 3.38. The van der Waals surface area contributed by atoms with E-state index in [1.807, 2.05) is 30.3 Å². The van der Waals surface area contributed by atoms with Crippen molar-refractivity contribution in [3.05, 3.63) is 107 Å². The maximum Gasteiger partial charge on any atom is 0.264 e. The quantitative estimate of drug-likeness (QED) is 0.331. The Bertz CT molecular complexity index is 1380. The zero-order valence-corrected chi connectivity index (χ0v) is 20.1. The SMILES string of the molecule is O=C(Nc1ccc(S(=O)(=O)Nc2ncccn2)cc1)c1cccc(COc2ccc(Br)cc2)c1. The fourth-order valence-corrected chi connectivity index (χ4v) is 4.17. The lowest BCUT2D eigenvalue weighted by Crippen LogP contribution is -2.15. The maximum atomic E-state index is 12.7. The molecule has 172 valence electrons. The van der Waals surface area contributed by atoms with Crippen LogP contribution < -0.4 is 14.8 Å². The standard InChI is InChI=1S/C24H19BrN4O4S/c25-19-5-9-21(10-6-19)33-16-17-3-1-4-18(15-17)23(30)28-20-7-11-22(12-8-20)34(31,32)29-24-26-13-2-14-27-24/h1-15H,16H2,(H,28,30)(H,26,27,29). The van der Waals surface area contributed by atoms with Crippen LogP contribution in [0, 0.1) is 0 Å². The molecule has 0 aliphatic carbocycles. The van der Waals surface area contributed by atoms with Gasteiger partial charge in [0.05, 0.1) is 4.90 Å². The van der Waals surface area contributed by atoms with Gasteiger partial charge in [0.1, 0.15) is 12.4 Å². The number of carbonyl (C=O) groups excluding carboxylic acids is 1. The van der Waals surface area contributed by atoms with Crippen LogP contribution in [0.15, 0.2) is 101 Å². The Balaban J connectivity index is 1.38. The van der Waals surface area contributed by atoms with Crippen LogP contribution in [0.2, 0.25) is 0 Å². The van der Waals surface area contributed by atoms with Crippen LogP contribution in [-0.4, -0.2) is 24.3 Å². The smallest absolute Gasteiger partial charge is 0.264 e. The fourth-order valence-electron chi connectivity index (χ4n) is 2.95.